The van der Waals surface area contributed by atoms with Gasteiger partial charge in [0.05, 0.1) is 0 Å². The van der Waals surface area contributed by atoms with Crippen molar-refractivity contribution < 1.29 is 0 Å². The molecule has 1 heterocycles. The number of rotatable bonds is 3. The van der Waals surface area contributed by atoms with Gasteiger partial charge in [0.2, 0.25) is 0 Å². The molecule has 0 saturated carbocycles. The van der Waals surface area contributed by atoms with Gasteiger partial charge in [-0.1, -0.05) is 23.7 Å². The molecule has 0 unspecified atom stereocenters. The summed E-state index contributed by atoms with van der Waals surface area (Å²) in [5, 5.41) is 0.728. The second-order valence-electron chi connectivity index (χ2n) is 3.76. The van der Waals surface area contributed by atoms with Crippen molar-refractivity contribution in [2.45, 2.75) is 13.0 Å². The number of aryl methyl sites for hydroxylation is 1. The molecule has 0 aliphatic carbocycles. The van der Waals surface area contributed by atoms with E-state index in [0.29, 0.717) is 6.54 Å². The molecule has 2 rings (SSSR count). The lowest BCUT2D eigenvalue weighted by molar-refractivity contribution is 0.821. The summed E-state index contributed by atoms with van der Waals surface area (Å²) in [5.41, 5.74) is 7.78. The minimum absolute atomic E-state index is 0.466. The molecule has 4 heteroatoms. The molecule has 0 bridgehead atoms. The summed E-state index contributed by atoms with van der Waals surface area (Å²) in [4.78, 5) is 4.29. The fourth-order valence-corrected chi connectivity index (χ4v) is 1.84. The van der Waals surface area contributed by atoms with Crippen LogP contribution in [-0.4, -0.2) is 9.55 Å². The summed E-state index contributed by atoms with van der Waals surface area (Å²) in [6.07, 6.45) is 4.54. The molecule has 2 aromatic rings. The highest BCUT2D eigenvalue weighted by Gasteiger charge is 2.04. The van der Waals surface area contributed by atoms with E-state index in [9.17, 15) is 0 Å². The smallest absolute Gasteiger partial charge is 0.112 e. The van der Waals surface area contributed by atoms with E-state index in [0.717, 1.165) is 22.8 Å². The molecule has 16 heavy (non-hydrogen) atoms. The van der Waals surface area contributed by atoms with Gasteiger partial charge < -0.3 is 10.3 Å². The van der Waals surface area contributed by atoms with Crippen LogP contribution in [0, 0.1) is 0 Å². The van der Waals surface area contributed by atoms with Gasteiger partial charge in [0, 0.05) is 37.4 Å². The van der Waals surface area contributed by atoms with Gasteiger partial charge in [-0.3, -0.25) is 0 Å². The Morgan fingerprint density at radius 3 is 2.88 bits per heavy atom. The van der Waals surface area contributed by atoms with Crippen LogP contribution in [-0.2, 0) is 20.0 Å². The molecule has 84 valence electrons. The Morgan fingerprint density at radius 2 is 2.25 bits per heavy atom. The number of imidazole rings is 1. The second-order valence-corrected chi connectivity index (χ2v) is 4.17. The van der Waals surface area contributed by atoms with E-state index in [1.165, 1.54) is 5.56 Å². The third kappa shape index (κ3) is 2.26. The standard InChI is InChI=1S/C12H14ClN3/c1-16-5-4-15-12(16)7-9-2-3-11(13)10(6-9)8-14/h2-6H,7-8,14H2,1H3. The highest BCUT2D eigenvalue weighted by atomic mass is 35.5. The lowest BCUT2D eigenvalue weighted by Crippen LogP contribution is -2.01. The molecule has 0 spiro atoms. The predicted octanol–water partition coefficient (Wildman–Crippen LogP) is 2.12. The molecule has 0 fully saturated rings. The predicted molar refractivity (Wildman–Crippen MR) is 65.4 cm³/mol. The zero-order chi connectivity index (χ0) is 11.5. The Kier molecular flexibility index (Phi) is 3.27. The van der Waals surface area contributed by atoms with Crippen molar-refractivity contribution >= 4 is 11.6 Å². The Hall–Kier alpha value is -1.32. The third-order valence-corrected chi connectivity index (χ3v) is 2.98. The maximum Gasteiger partial charge on any atom is 0.112 e. The van der Waals surface area contributed by atoms with Crippen molar-refractivity contribution in [3.8, 4) is 0 Å². The maximum atomic E-state index is 6.01. The largest absolute Gasteiger partial charge is 0.338 e. The van der Waals surface area contributed by atoms with Crippen molar-refractivity contribution in [1.82, 2.24) is 9.55 Å². The van der Waals surface area contributed by atoms with Crippen LogP contribution in [0.1, 0.15) is 17.0 Å². The third-order valence-electron chi connectivity index (χ3n) is 2.61. The summed E-state index contributed by atoms with van der Waals surface area (Å²) < 4.78 is 2.01. The molecule has 3 nitrogen and oxygen atoms in total. The van der Waals surface area contributed by atoms with E-state index < -0.39 is 0 Å². The molecule has 0 radical (unpaired) electrons. The average molecular weight is 236 g/mol. The molecule has 0 saturated heterocycles. The quantitative estimate of drug-likeness (QED) is 0.886. The number of hydrogen-bond acceptors (Lipinski definition) is 2. The Labute approximate surface area is 99.9 Å². The highest BCUT2D eigenvalue weighted by molar-refractivity contribution is 6.31. The number of benzene rings is 1. The Morgan fingerprint density at radius 1 is 1.44 bits per heavy atom. The summed E-state index contributed by atoms with van der Waals surface area (Å²) >= 11 is 6.01. The molecule has 2 N–H and O–H groups in total. The second kappa shape index (κ2) is 4.68. The molecular weight excluding hydrogens is 222 g/mol. The summed E-state index contributed by atoms with van der Waals surface area (Å²) in [5.74, 6) is 1.03. The zero-order valence-electron chi connectivity index (χ0n) is 9.15. The average Bonchev–Trinajstić information content (AvgIpc) is 2.67. The van der Waals surface area contributed by atoms with Crippen LogP contribution in [0.25, 0.3) is 0 Å². The maximum absolute atomic E-state index is 6.01. The minimum Gasteiger partial charge on any atom is -0.338 e. The van der Waals surface area contributed by atoms with Gasteiger partial charge >= 0.3 is 0 Å². The first-order valence-corrected chi connectivity index (χ1v) is 5.52. The van der Waals surface area contributed by atoms with Crippen LogP contribution >= 0.6 is 11.6 Å². The summed E-state index contributed by atoms with van der Waals surface area (Å²) in [6.45, 7) is 0.466. The molecule has 0 aliphatic rings. The van der Waals surface area contributed by atoms with E-state index in [-0.39, 0.29) is 0 Å². The SMILES string of the molecule is Cn1ccnc1Cc1ccc(Cl)c(CN)c1. The van der Waals surface area contributed by atoms with Crippen LogP contribution in [0.2, 0.25) is 5.02 Å². The topological polar surface area (TPSA) is 43.8 Å². The van der Waals surface area contributed by atoms with Gasteiger partial charge in [0.25, 0.3) is 0 Å². The Bertz CT molecular complexity index is 491. The first-order valence-electron chi connectivity index (χ1n) is 5.14. The van der Waals surface area contributed by atoms with Gasteiger partial charge in [0.1, 0.15) is 5.82 Å². The van der Waals surface area contributed by atoms with E-state index in [4.69, 9.17) is 17.3 Å². The van der Waals surface area contributed by atoms with E-state index in [1.807, 2.05) is 36.0 Å². The lowest BCUT2D eigenvalue weighted by atomic mass is 10.1. The van der Waals surface area contributed by atoms with Crippen molar-refractivity contribution in [3.05, 3.63) is 52.6 Å². The van der Waals surface area contributed by atoms with Crippen LogP contribution in [0.15, 0.2) is 30.6 Å². The molecule has 1 aromatic heterocycles. The van der Waals surface area contributed by atoms with Crippen LogP contribution < -0.4 is 5.73 Å². The number of aromatic nitrogens is 2. The monoisotopic (exact) mass is 235 g/mol. The van der Waals surface area contributed by atoms with Gasteiger partial charge in [-0.15, -0.1) is 0 Å². The Balaban J connectivity index is 2.25. The number of nitrogens with zero attached hydrogens (tertiary/aromatic N) is 2. The highest BCUT2D eigenvalue weighted by Crippen LogP contribution is 2.18. The normalized spacial score (nSPS) is 10.7. The number of nitrogens with two attached hydrogens (primary N) is 1. The van der Waals surface area contributed by atoms with Gasteiger partial charge in [-0.25, -0.2) is 4.98 Å². The van der Waals surface area contributed by atoms with Crippen LogP contribution in [0.4, 0.5) is 0 Å². The molecule has 1 aromatic carbocycles. The first-order chi connectivity index (χ1) is 7.70. The van der Waals surface area contributed by atoms with Crippen molar-refractivity contribution in [2.24, 2.45) is 12.8 Å². The van der Waals surface area contributed by atoms with Crippen molar-refractivity contribution in [1.29, 1.82) is 0 Å². The van der Waals surface area contributed by atoms with E-state index in [1.54, 1.807) is 6.20 Å². The molecule has 0 aliphatic heterocycles. The molecule has 0 amide bonds. The van der Waals surface area contributed by atoms with Crippen molar-refractivity contribution in [3.63, 3.8) is 0 Å². The summed E-state index contributed by atoms with van der Waals surface area (Å²) in [6, 6.07) is 5.94. The van der Waals surface area contributed by atoms with Crippen LogP contribution in [0.3, 0.4) is 0 Å². The molecular formula is C12H14ClN3. The first kappa shape index (κ1) is 11.2. The van der Waals surface area contributed by atoms with E-state index in [2.05, 4.69) is 4.98 Å². The van der Waals surface area contributed by atoms with Gasteiger partial charge in [-0.05, 0) is 17.2 Å². The molecule has 0 atom stereocenters. The summed E-state index contributed by atoms with van der Waals surface area (Å²) in [7, 11) is 1.99. The lowest BCUT2D eigenvalue weighted by Gasteiger charge is -2.06. The number of hydrogen-bond donors (Lipinski definition) is 1. The zero-order valence-corrected chi connectivity index (χ0v) is 9.91. The minimum atomic E-state index is 0.466. The fraction of sp³-hybridized carbons (Fsp3) is 0.250. The number of halogens is 1. The van der Waals surface area contributed by atoms with Crippen LogP contribution in [0.5, 0.6) is 0 Å². The van der Waals surface area contributed by atoms with E-state index >= 15 is 0 Å². The fourth-order valence-electron chi connectivity index (χ4n) is 1.64. The van der Waals surface area contributed by atoms with Gasteiger partial charge in [-0.2, -0.15) is 0 Å². The van der Waals surface area contributed by atoms with Crippen molar-refractivity contribution in [2.75, 3.05) is 0 Å². The van der Waals surface area contributed by atoms with Gasteiger partial charge in [0.15, 0.2) is 0 Å².